The maximum absolute atomic E-state index is 12.9. The molecule has 1 amide bonds. The zero-order valence-corrected chi connectivity index (χ0v) is 11.1. The number of ether oxygens (including phenoxy) is 2. The molecule has 1 N–H and O–H groups in total. The minimum Gasteiger partial charge on any atom is -0.484 e. The van der Waals surface area contributed by atoms with Crippen LogP contribution in [0.15, 0.2) is 18.2 Å². The molecule has 1 aromatic carbocycles. The summed E-state index contributed by atoms with van der Waals surface area (Å²) in [6.07, 6.45) is 0.967. The highest BCUT2D eigenvalue weighted by Crippen LogP contribution is 2.20. The first-order valence-corrected chi connectivity index (χ1v) is 6.45. The van der Waals surface area contributed by atoms with Gasteiger partial charge >= 0.3 is 0 Å². The lowest BCUT2D eigenvalue weighted by Gasteiger charge is -2.10. The largest absolute Gasteiger partial charge is 0.484 e. The van der Waals surface area contributed by atoms with Crippen molar-refractivity contribution in [2.45, 2.75) is 6.42 Å². The lowest BCUT2D eigenvalue weighted by molar-refractivity contribution is -0.123. The first kappa shape index (κ1) is 14.1. The molecule has 1 saturated heterocycles. The van der Waals surface area contributed by atoms with Crippen LogP contribution >= 0.6 is 11.6 Å². The third kappa shape index (κ3) is 4.36. The van der Waals surface area contributed by atoms with Crippen molar-refractivity contribution in [2.24, 2.45) is 5.92 Å². The van der Waals surface area contributed by atoms with Crippen LogP contribution in [0, 0.1) is 11.7 Å². The van der Waals surface area contributed by atoms with Crippen LogP contribution < -0.4 is 10.1 Å². The van der Waals surface area contributed by atoms with Gasteiger partial charge in [0, 0.05) is 25.1 Å². The van der Waals surface area contributed by atoms with Crippen LogP contribution in [-0.4, -0.2) is 32.3 Å². The summed E-state index contributed by atoms with van der Waals surface area (Å²) in [4.78, 5) is 11.5. The summed E-state index contributed by atoms with van der Waals surface area (Å²) in [5, 5.41) is 2.74. The average molecular weight is 288 g/mol. The molecule has 1 fully saturated rings. The Hall–Kier alpha value is -1.33. The molecule has 2 rings (SSSR count). The highest BCUT2D eigenvalue weighted by molar-refractivity contribution is 6.30. The zero-order chi connectivity index (χ0) is 13.7. The minimum atomic E-state index is -0.514. The summed E-state index contributed by atoms with van der Waals surface area (Å²) in [6, 6.07) is 3.97. The van der Waals surface area contributed by atoms with E-state index in [1.54, 1.807) is 0 Å². The number of carbonyl (C=O) groups excluding carboxylic acids is 1. The second-order valence-electron chi connectivity index (χ2n) is 4.40. The molecule has 1 aromatic rings. The van der Waals surface area contributed by atoms with Crippen LogP contribution in [0.25, 0.3) is 0 Å². The van der Waals surface area contributed by atoms with Crippen molar-refractivity contribution in [2.75, 3.05) is 26.4 Å². The third-order valence-corrected chi connectivity index (χ3v) is 3.16. The van der Waals surface area contributed by atoms with E-state index < -0.39 is 5.82 Å². The van der Waals surface area contributed by atoms with E-state index in [9.17, 15) is 9.18 Å². The molecule has 6 heteroatoms. The molecule has 1 aliphatic heterocycles. The van der Waals surface area contributed by atoms with Crippen LogP contribution in [-0.2, 0) is 9.53 Å². The molecule has 0 bridgehead atoms. The SMILES string of the molecule is O=C(COc1ccc(F)c(Cl)c1)NC[C@H]1CCOC1. The van der Waals surface area contributed by atoms with Crippen molar-refractivity contribution in [3.8, 4) is 5.75 Å². The van der Waals surface area contributed by atoms with Crippen LogP contribution in [0.5, 0.6) is 5.75 Å². The van der Waals surface area contributed by atoms with Gasteiger partial charge < -0.3 is 14.8 Å². The Kier molecular flexibility index (Phi) is 4.99. The number of rotatable bonds is 5. The molecule has 0 spiro atoms. The highest BCUT2D eigenvalue weighted by atomic mass is 35.5. The van der Waals surface area contributed by atoms with Crippen LogP contribution in [0.2, 0.25) is 5.02 Å². The van der Waals surface area contributed by atoms with Crippen LogP contribution in [0.1, 0.15) is 6.42 Å². The summed E-state index contributed by atoms with van der Waals surface area (Å²) < 4.78 is 23.3. The number of hydrogen-bond donors (Lipinski definition) is 1. The third-order valence-electron chi connectivity index (χ3n) is 2.87. The molecular weight excluding hydrogens is 273 g/mol. The molecule has 0 aliphatic carbocycles. The monoisotopic (exact) mass is 287 g/mol. The van der Waals surface area contributed by atoms with Crippen molar-refractivity contribution in [1.29, 1.82) is 0 Å². The first-order chi connectivity index (χ1) is 9.15. The topological polar surface area (TPSA) is 47.6 Å². The number of hydrogen-bond acceptors (Lipinski definition) is 3. The van der Waals surface area contributed by atoms with Crippen molar-refractivity contribution in [3.63, 3.8) is 0 Å². The van der Waals surface area contributed by atoms with Gasteiger partial charge in [0.05, 0.1) is 11.6 Å². The van der Waals surface area contributed by atoms with E-state index in [2.05, 4.69) is 5.32 Å². The summed E-state index contributed by atoms with van der Waals surface area (Å²) in [5.41, 5.74) is 0. The number of amides is 1. The van der Waals surface area contributed by atoms with Gasteiger partial charge in [-0.15, -0.1) is 0 Å². The second kappa shape index (κ2) is 6.73. The smallest absolute Gasteiger partial charge is 0.257 e. The average Bonchev–Trinajstić information content (AvgIpc) is 2.91. The standard InChI is InChI=1S/C13H15ClFNO3/c14-11-5-10(1-2-12(11)15)19-8-13(17)16-6-9-3-4-18-7-9/h1-2,5,9H,3-4,6-8H2,(H,16,17)/t9-/m1/s1. The van der Waals surface area contributed by atoms with Gasteiger partial charge in [0.25, 0.3) is 5.91 Å². The van der Waals surface area contributed by atoms with Crippen molar-refractivity contribution in [3.05, 3.63) is 29.0 Å². The highest BCUT2D eigenvalue weighted by Gasteiger charge is 2.16. The van der Waals surface area contributed by atoms with Gasteiger partial charge in [-0.25, -0.2) is 4.39 Å². The van der Waals surface area contributed by atoms with Gasteiger partial charge in [-0.1, -0.05) is 11.6 Å². The van der Waals surface area contributed by atoms with Gasteiger partial charge in [-0.2, -0.15) is 0 Å². The van der Waals surface area contributed by atoms with Crippen LogP contribution in [0.4, 0.5) is 4.39 Å². The molecule has 1 heterocycles. The predicted molar refractivity (Wildman–Crippen MR) is 68.8 cm³/mol. The molecule has 19 heavy (non-hydrogen) atoms. The van der Waals surface area contributed by atoms with E-state index in [-0.39, 0.29) is 17.5 Å². The maximum atomic E-state index is 12.9. The molecule has 0 saturated carbocycles. The molecule has 4 nitrogen and oxygen atoms in total. The molecular formula is C13H15ClFNO3. The minimum absolute atomic E-state index is 0.0268. The lowest BCUT2D eigenvalue weighted by Crippen LogP contribution is -2.33. The summed E-state index contributed by atoms with van der Waals surface area (Å²) >= 11 is 5.61. The van der Waals surface area contributed by atoms with Gasteiger partial charge in [0.1, 0.15) is 11.6 Å². The zero-order valence-electron chi connectivity index (χ0n) is 10.3. The fourth-order valence-corrected chi connectivity index (χ4v) is 1.94. The summed E-state index contributed by atoms with van der Waals surface area (Å²) in [7, 11) is 0. The maximum Gasteiger partial charge on any atom is 0.257 e. The normalized spacial score (nSPS) is 18.3. The lowest BCUT2D eigenvalue weighted by atomic mass is 10.1. The molecule has 0 aromatic heterocycles. The van der Waals surface area contributed by atoms with Crippen molar-refractivity contribution < 1.29 is 18.7 Å². The van der Waals surface area contributed by atoms with E-state index in [0.717, 1.165) is 13.0 Å². The van der Waals surface area contributed by atoms with E-state index in [0.29, 0.717) is 24.8 Å². The fraction of sp³-hybridized carbons (Fsp3) is 0.462. The summed E-state index contributed by atoms with van der Waals surface area (Å²) in [5.74, 6) is 0.0158. The number of halogens is 2. The Labute approximate surface area is 115 Å². The fourth-order valence-electron chi connectivity index (χ4n) is 1.77. The predicted octanol–water partition coefficient (Wildman–Crippen LogP) is 2.01. The number of benzene rings is 1. The van der Waals surface area contributed by atoms with Gasteiger partial charge in [-0.3, -0.25) is 4.79 Å². The second-order valence-corrected chi connectivity index (χ2v) is 4.81. The summed E-state index contributed by atoms with van der Waals surface area (Å²) in [6.45, 7) is 1.92. The Morgan fingerprint density at radius 3 is 3.11 bits per heavy atom. The van der Waals surface area contributed by atoms with Crippen LogP contribution in [0.3, 0.4) is 0 Å². The van der Waals surface area contributed by atoms with Gasteiger partial charge in [0.15, 0.2) is 6.61 Å². The number of carbonyl (C=O) groups is 1. The van der Waals surface area contributed by atoms with Gasteiger partial charge in [-0.05, 0) is 18.6 Å². The Morgan fingerprint density at radius 1 is 1.58 bits per heavy atom. The van der Waals surface area contributed by atoms with E-state index in [1.807, 2.05) is 0 Å². The Morgan fingerprint density at radius 2 is 2.42 bits per heavy atom. The molecule has 0 unspecified atom stereocenters. The molecule has 1 aliphatic rings. The molecule has 104 valence electrons. The van der Waals surface area contributed by atoms with Gasteiger partial charge in [0.2, 0.25) is 0 Å². The molecule has 0 radical (unpaired) electrons. The first-order valence-electron chi connectivity index (χ1n) is 6.07. The quantitative estimate of drug-likeness (QED) is 0.901. The van der Waals surface area contributed by atoms with E-state index in [1.165, 1.54) is 18.2 Å². The Bertz CT molecular complexity index is 450. The Balaban J connectivity index is 1.71. The van der Waals surface area contributed by atoms with E-state index in [4.69, 9.17) is 21.1 Å². The van der Waals surface area contributed by atoms with E-state index >= 15 is 0 Å². The number of nitrogens with one attached hydrogen (secondary N) is 1. The van der Waals surface area contributed by atoms with Crippen molar-refractivity contribution >= 4 is 17.5 Å². The molecule has 1 atom stereocenters. The van der Waals surface area contributed by atoms with Crippen molar-refractivity contribution in [1.82, 2.24) is 5.32 Å².